The second kappa shape index (κ2) is 9.87. The Morgan fingerprint density at radius 2 is 1.90 bits per heavy atom. The molecular formula is C23H34N6O2. The molecule has 0 spiro atoms. The minimum Gasteiger partial charge on any atom is -0.392 e. The molecule has 1 amide bonds. The molecule has 8 heteroatoms. The highest BCUT2D eigenvalue weighted by Crippen LogP contribution is 2.33. The summed E-state index contributed by atoms with van der Waals surface area (Å²) in [5, 5.41) is 19.3. The number of amides is 1. The van der Waals surface area contributed by atoms with Gasteiger partial charge >= 0.3 is 0 Å². The molecule has 0 saturated carbocycles. The average Bonchev–Trinajstić information content (AvgIpc) is 3.36. The number of β-amino-alcohol motifs (C(OH)–C–C–N with tert-alkyl or cyclic N) is 1. The summed E-state index contributed by atoms with van der Waals surface area (Å²) in [4.78, 5) is 21.4. The van der Waals surface area contributed by atoms with E-state index in [1.165, 1.54) is 5.56 Å². The third-order valence-corrected chi connectivity index (χ3v) is 6.53. The molecule has 2 aliphatic heterocycles. The van der Waals surface area contributed by atoms with E-state index in [0.717, 1.165) is 43.9 Å². The van der Waals surface area contributed by atoms with E-state index < -0.39 is 0 Å². The number of aliphatic hydroxyl groups excluding tert-OH is 1. The van der Waals surface area contributed by atoms with Crippen molar-refractivity contribution >= 4 is 5.91 Å². The maximum atomic E-state index is 13.1. The van der Waals surface area contributed by atoms with Gasteiger partial charge in [-0.15, -0.1) is 10.2 Å². The Labute approximate surface area is 184 Å². The van der Waals surface area contributed by atoms with Crippen molar-refractivity contribution in [2.45, 2.75) is 77.7 Å². The van der Waals surface area contributed by atoms with Crippen molar-refractivity contribution in [2.75, 3.05) is 13.1 Å². The number of carbonyl (C=O) groups is 1. The van der Waals surface area contributed by atoms with E-state index in [1.54, 1.807) is 12.4 Å². The summed E-state index contributed by atoms with van der Waals surface area (Å²) in [5.41, 5.74) is 1.17. The molecule has 0 bridgehead atoms. The molecule has 1 fully saturated rings. The van der Waals surface area contributed by atoms with E-state index in [1.807, 2.05) is 17.0 Å². The zero-order valence-electron chi connectivity index (χ0n) is 18.7. The van der Waals surface area contributed by atoms with Crippen LogP contribution in [0.15, 0.2) is 24.5 Å². The molecule has 2 aromatic rings. The standard InChI is InChI=1S/C23H34N6O2/c1-3-5-18(6-4-2)23(31)27-11-12-29-21(16-27)25-26-22(29)20-13-19(30)15-28(20)14-17-7-9-24-10-8-17/h7-10,18-20,30H,3-6,11-16H2,1-2H3/t19-,20+/m1/s1. The van der Waals surface area contributed by atoms with Gasteiger partial charge in [0.05, 0.1) is 18.7 Å². The summed E-state index contributed by atoms with van der Waals surface area (Å²) in [6.45, 7) is 7.58. The highest BCUT2D eigenvalue weighted by atomic mass is 16.3. The molecule has 31 heavy (non-hydrogen) atoms. The van der Waals surface area contributed by atoms with Crippen molar-refractivity contribution < 1.29 is 9.90 Å². The lowest BCUT2D eigenvalue weighted by atomic mass is 9.96. The van der Waals surface area contributed by atoms with Gasteiger partial charge in [0.1, 0.15) is 0 Å². The molecule has 0 unspecified atom stereocenters. The largest absolute Gasteiger partial charge is 0.392 e. The maximum Gasteiger partial charge on any atom is 0.226 e. The molecule has 0 radical (unpaired) electrons. The van der Waals surface area contributed by atoms with Crippen LogP contribution < -0.4 is 0 Å². The van der Waals surface area contributed by atoms with Crippen LogP contribution in [0.2, 0.25) is 0 Å². The second-order valence-electron chi connectivity index (χ2n) is 8.85. The molecule has 4 heterocycles. The van der Waals surface area contributed by atoms with E-state index in [0.29, 0.717) is 32.6 Å². The Balaban J connectivity index is 1.48. The fourth-order valence-electron chi connectivity index (χ4n) is 5.01. The SMILES string of the molecule is CCCC(CCC)C(=O)N1CCn2c(nnc2[C@@H]2C[C@@H](O)CN2Cc2ccncc2)C1. The van der Waals surface area contributed by atoms with Gasteiger partial charge in [0.2, 0.25) is 5.91 Å². The first kappa shape index (κ1) is 21.9. The average molecular weight is 427 g/mol. The van der Waals surface area contributed by atoms with Crippen LogP contribution in [0.25, 0.3) is 0 Å². The van der Waals surface area contributed by atoms with Crippen molar-refractivity contribution in [2.24, 2.45) is 5.92 Å². The van der Waals surface area contributed by atoms with Gasteiger partial charge < -0.3 is 14.6 Å². The summed E-state index contributed by atoms with van der Waals surface area (Å²) < 4.78 is 2.17. The van der Waals surface area contributed by atoms with Crippen LogP contribution in [0.5, 0.6) is 0 Å². The second-order valence-corrected chi connectivity index (χ2v) is 8.85. The highest BCUT2D eigenvalue weighted by Gasteiger charge is 2.37. The molecule has 2 atom stereocenters. The lowest BCUT2D eigenvalue weighted by Crippen LogP contribution is -2.42. The number of carbonyl (C=O) groups excluding carboxylic acids is 1. The summed E-state index contributed by atoms with van der Waals surface area (Å²) in [7, 11) is 0. The Bertz CT molecular complexity index is 864. The topological polar surface area (TPSA) is 87.4 Å². The number of nitrogens with zero attached hydrogens (tertiary/aromatic N) is 6. The maximum absolute atomic E-state index is 13.1. The van der Waals surface area contributed by atoms with Crippen LogP contribution >= 0.6 is 0 Å². The fourth-order valence-corrected chi connectivity index (χ4v) is 5.01. The van der Waals surface area contributed by atoms with Crippen LogP contribution in [-0.4, -0.2) is 59.8 Å². The van der Waals surface area contributed by atoms with Crippen LogP contribution in [0.3, 0.4) is 0 Å². The summed E-state index contributed by atoms with van der Waals surface area (Å²) in [6.07, 6.45) is 7.84. The van der Waals surface area contributed by atoms with Crippen LogP contribution in [0.4, 0.5) is 0 Å². The predicted molar refractivity (Wildman–Crippen MR) is 117 cm³/mol. The lowest BCUT2D eigenvalue weighted by molar-refractivity contribution is -0.137. The van der Waals surface area contributed by atoms with E-state index in [-0.39, 0.29) is 24.0 Å². The zero-order valence-corrected chi connectivity index (χ0v) is 18.7. The van der Waals surface area contributed by atoms with Crippen LogP contribution in [-0.2, 0) is 24.4 Å². The van der Waals surface area contributed by atoms with Crippen molar-refractivity contribution in [3.05, 3.63) is 41.7 Å². The van der Waals surface area contributed by atoms with Gasteiger partial charge in [0.15, 0.2) is 11.6 Å². The molecule has 4 rings (SSSR count). The molecule has 2 aromatic heterocycles. The minimum absolute atomic E-state index is 0.0274. The molecule has 0 aliphatic carbocycles. The number of pyridine rings is 1. The number of aliphatic hydroxyl groups is 1. The van der Waals surface area contributed by atoms with Crippen molar-refractivity contribution in [3.63, 3.8) is 0 Å². The highest BCUT2D eigenvalue weighted by molar-refractivity contribution is 5.78. The summed E-state index contributed by atoms with van der Waals surface area (Å²) >= 11 is 0. The zero-order chi connectivity index (χ0) is 21.8. The van der Waals surface area contributed by atoms with E-state index >= 15 is 0 Å². The lowest BCUT2D eigenvalue weighted by Gasteiger charge is -2.32. The third kappa shape index (κ3) is 4.80. The smallest absolute Gasteiger partial charge is 0.226 e. The van der Waals surface area contributed by atoms with Gasteiger partial charge in [-0.2, -0.15) is 0 Å². The number of aromatic nitrogens is 4. The van der Waals surface area contributed by atoms with E-state index in [9.17, 15) is 9.90 Å². The molecule has 1 N–H and O–H groups in total. The summed E-state index contributed by atoms with van der Waals surface area (Å²) in [5.74, 6) is 2.14. The van der Waals surface area contributed by atoms with Gasteiger partial charge in [0.25, 0.3) is 0 Å². The van der Waals surface area contributed by atoms with Crippen molar-refractivity contribution in [1.29, 1.82) is 0 Å². The van der Waals surface area contributed by atoms with Gasteiger partial charge in [-0.25, -0.2) is 0 Å². The number of hydrogen-bond donors (Lipinski definition) is 1. The van der Waals surface area contributed by atoms with Gasteiger partial charge in [-0.05, 0) is 37.0 Å². The van der Waals surface area contributed by atoms with E-state index in [4.69, 9.17) is 0 Å². The molecular weight excluding hydrogens is 392 g/mol. The van der Waals surface area contributed by atoms with Crippen molar-refractivity contribution in [1.82, 2.24) is 29.5 Å². The monoisotopic (exact) mass is 426 g/mol. The fraction of sp³-hybridized carbons (Fsp3) is 0.652. The Morgan fingerprint density at radius 3 is 2.61 bits per heavy atom. The molecule has 2 aliphatic rings. The summed E-state index contributed by atoms with van der Waals surface area (Å²) in [6, 6.07) is 4.04. The first-order valence-corrected chi connectivity index (χ1v) is 11.6. The quantitative estimate of drug-likeness (QED) is 0.698. The van der Waals surface area contributed by atoms with Crippen LogP contribution in [0, 0.1) is 5.92 Å². The van der Waals surface area contributed by atoms with Gasteiger partial charge in [0, 0.05) is 44.5 Å². The Morgan fingerprint density at radius 1 is 1.16 bits per heavy atom. The molecule has 8 nitrogen and oxygen atoms in total. The number of fused-ring (bicyclic) bond motifs is 1. The van der Waals surface area contributed by atoms with E-state index in [2.05, 4.69) is 38.5 Å². The molecule has 168 valence electrons. The third-order valence-electron chi connectivity index (χ3n) is 6.53. The molecule has 0 aromatic carbocycles. The first-order chi connectivity index (χ1) is 15.1. The van der Waals surface area contributed by atoms with Crippen LogP contribution in [0.1, 0.15) is 69.2 Å². The Kier molecular flexibility index (Phi) is 6.97. The Hall–Kier alpha value is -2.32. The number of likely N-dealkylation sites (tertiary alicyclic amines) is 1. The van der Waals surface area contributed by atoms with Crippen molar-refractivity contribution in [3.8, 4) is 0 Å². The molecule has 1 saturated heterocycles. The van der Waals surface area contributed by atoms with Gasteiger partial charge in [-0.3, -0.25) is 14.7 Å². The predicted octanol–water partition coefficient (Wildman–Crippen LogP) is 2.54. The number of hydrogen-bond acceptors (Lipinski definition) is 6. The number of rotatable bonds is 8. The normalized spacial score (nSPS) is 21.6. The van der Waals surface area contributed by atoms with Gasteiger partial charge in [-0.1, -0.05) is 26.7 Å². The minimum atomic E-state index is -0.370. The first-order valence-electron chi connectivity index (χ1n) is 11.6.